The SMILES string of the molecule is CCCC(=O)Cc1nc(C2(OC)CCC(C)CC2)no1. The molecule has 0 radical (unpaired) electrons. The molecule has 0 aromatic carbocycles. The number of nitrogens with zero attached hydrogens (tertiary/aromatic N) is 2. The molecule has 1 heterocycles. The van der Waals surface area contributed by atoms with Crippen LogP contribution in [0.2, 0.25) is 0 Å². The molecule has 1 aromatic rings. The van der Waals surface area contributed by atoms with Gasteiger partial charge < -0.3 is 9.26 Å². The van der Waals surface area contributed by atoms with E-state index < -0.39 is 5.60 Å². The van der Waals surface area contributed by atoms with Crippen molar-refractivity contribution in [3.05, 3.63) is 11.7 Å². The summed E-state index contributed by atoms with van der Waals surface area (Å²) in [6.45, 7) is 4.24. The lowest BCUT2D eigenvalue weighted by Gasteiger charge is -2.35. The molecule has 1 aromatic heterocycles. The molecule has 112 valence electrons. The molecule has 0 amide bonds. The highest BCUT2D eigenvalue weighted by atomic mass is 16.5. The van der Waals surface area contributed by atoms with Gasteiger partial charge in [0.1, 0.15) is 11.4 Å². The van der Waals surface area contributed by atoms with Crippen LogP contribution in [0.25, 0.3) is 0 Å². The highest BCUT2D eigenvalue weighted by Gasteiger charge is 2.40. The molecule has 5 nitrogen and oxygen atoms in total. The fourth-order valence-electron chi connectivity index (χ4n) is 2.80. The summed E-state index contributed by atoms with van der Waals surface area (Å²) in [4.78, 5) is 16.0. The Morgan fingerprint density at radius 2 is 2.15 bits per heavy atom. The fourth-order valence-corrected chi connectivity index (χ4v) is 2.80. The molecule has 5 heteroatoms. The standard InChI is InChI=1S/C15H24N2O3/c1-4-5-12(18)10-13-16-14(17-20-13)15(19-3)8-6-11(2)7-9-15/h11H,4-10H2,1-3H3. The number of methoxy groups -OCH3 is 1. The van der Waals surface area contributed by atoms with E-state index in [0.29, 0.717) is 18.1 Å². The van der Waals surface area contributed by atoms with Crippen LogP contribution in [-0.2, 0) is 21.6 Å². The monoisotopic (exact) mass is 280 g/mol. The topological polar surface area (TPSA) is 65.2 Å². The molecule has 0 N–H and O–H groups in total. The Hall–Kier alpha value is -1.23. The summed E-state index contributed by atoms with van der Waals surface area (Å²) in [5.74, 6) is 1.88. The van der Waals surface area contributed by atoms with Crippen LogP contribution >= 0.6 is 0 Å². The van der Waals surface area contributed by atoms with Gasteiger partial charge in [0.2, 0.25) is 11.7 Å². The zero-order chi connectivity index (χ0) is 14.6. The largest absolute Gasteiger partial charge is 0.370 e. The van der Waals surface area contributed by atoms with Crippen LogP contribution < -0.4 is 0 Å². The molecule has 0 spiro atoms. The van der Waals surface area contributed by atoms with Crippen molar-refractivity contribution in [3.8, 4) is 0 Å². The smallest absolute Gasteiger partial charge is 0.234 e. The second kappa shape index (κ2) is 6.48. The molecule has 1 saturated carbocycles. The van der Waals surface area contributed by atoms with Crippen LogP contribution in [-0.4, -0.2) is 23.0 Å². The molecular weight excluding hydrogens is 256 g/mol. The fraction of sp³-hybridized carbons (Fsp3) is 0.800. The van der Waals surface area contributed by atoms with E-state index in [4.69, 9.17) is 9.26 Å². The number of hydrogen-bond acceptors (Lipinski definition) is 5. The Balaban J connectivity index is 2.08. The first-order chi connectivity index (χ1) is 9.59. The average Bonchev–Trinajstić information content (AvgIpc) is 2.89. The first kappa shape index (κ1) is 15.2. The normalized spacial score (nSPS) is 26.6. The lowest BCUT2D eigenvalue weighted by molar-refractivity contribution is -0.118. The summed E-state index contributed by atoms with van der Waals surface area (Å²) < 4.78 is 10.9. The van der Waals surface area contributed by atoms with E-state index in [0.717, 1.165) is 38.0 Å². The van der Waals surface area contributed by atoms with Crippen LogP contribution in [0.5, 0.6) is 0 Å². The van der Waals surface area contributed by atoms with E-state index in [9.17, 15) is 4.79 Å². The number of aromatic nitrogens is 2. The number of Topliss-reactive ketones (excluding diaryl/α,β-unsaturated/α-hetero) is 1. The Labute approximate surface area is 120 Å². The Bertz CT molecular complexity index is 448. The predicted octanol–water partition coefficient (Wildman–Crippen LogP) is 3.03. The second-order valence-electron chi connectivity index (χ2n) is 5.86. The molecular formula is C15H24N2O3. The van der Waals surface area contributed by atoms with Gasteiger partial charge in [0, 0.05) is 13.5 Å². The Morgan fingerprint density at radius 3 is 2.75 bits per heavy atom. The lowest BCUT2D eigenvalue weighted by atomic mass is 9.79. The van der Waals surface area contributed by atoms with Crippen LogP contribution in [0, 0.1) is 5.92 Å². The molecule has 2 rings (SSSR count). The minimum atomic E-state index is -0.429. The molecule has 1 aliphatic rings. The van der Waals surface area contributed by atoms with Gasteiger partial charge in [0.15, 0.2) is 0 Å². The van der Waals surface area contributed by atoms with E-state index in [2.05, 4.69) is 17.1 Å². The summed E-state index contributed by atoms with van der Waals surface area (Å²) in [5.41, 5.74) is -0.429. The third kappa shape index (κ3) is 3.26. The van der Waals surface area contributed by atoms with Gasteiger partial charge in [0.25, 0.3) is 0 Å². The number of ether oxygens (including phenoxy) is 1. The van der Waals surface area contributed by atoms with Gasteiger partial charge in [-0.3, -0.25) is 4.79 Å². The Morgan fingerprint density at radius 1 is 1.45 bits per heavy atom. The summed E-state index contributed by atoms with van der Waals surface area (Å²) in [6, 6.07) is 0. The molecule has 1 fully saturated rings. The molecule has 20 heavy (non-hydrogen) atoms. The van der Waals surface area contributed by atoms with Gasteiger partial charge in [0.05, 0.1) is 6.42 Å². The van der Waals surface area contributed by atoms with E-state index in [-0.39, 0.29) is 12.2 Å². The van der Waals surface area contributed by atoms with Gasteiger partial charge in [-0.25, -0.2) is 0 Å². The van der Waals surface area contributed by atoms with Crippen LogP contribution in [0.4, 0.5) is 0 Å². The number of carbonyl (C=O) groups is 1. The summed E-state index contributed by atoms with van der Waals surface area (Å²) in [7, 11) is 1.70. The molecule has 1 aliphatic carbocycles. The molecule has 0 aliphatic heterocycles. The van der Waals surface area contributed by atoms with Crippen molar-refractivity contribution in [3.63, 3.8) is 0 Å². The second-order valence-corrected chi connectivity index (χ2v) is 5.86. The van der Waals surface area contributed by atoms with Crippen LogP contribution in [0.1, 0.15) is 64.1 Å². The molecule has 0 saturated heterocycles. The van der Waals surface area contributed by atoms with E-state index in [1.54, 1.807) is 7.11 Å². The number of carbonyl (C=O) groups excluding carboxylic acids is 1. The van der Waals surface area contributed by atoms with Crippen molar-refractivity contribution in [2.24, 2.45) is 5.92 Å². The number of hydrogen-bond donors (Lipinski definition) is 0. The van der Waals surface area contributed by atoms with Gasteiger partial charge >= 0.3 is 0 Å². The van der Waals surface area contributed by atoms with Crippen molar-refractivity contribution in [2.45, 2.75) is 64.4 Å². The van der Waals surface area contributed by atoms with Crippen molar-refractivity contribution >= 4 is 5.78 Å². The lowest BCUT2D eigenvalue weighted by Crippen LogP contribution is -2.34. The third-order valence-electron chi connectivity index (χ3n) is 4.23. The zero-order valence-electron chi connectivity index (χ0n) is 12.6. The van der Waals surface area contributed by atoms with Crippen molar-refractivity contribution in [1.29, 1.82) is 0 Å². The van der Waals surface area contributed by atoms with E-state index in [1.165, 1.54) is 0 Å². The van der Waals surface area contributed by atoms with Crippen LogP contribution in [0.3, 0.4) is 0 Å². The van der Waals surface area contributed by atoms with Gasteiger partial charge in [-0.15, -0.1) is 0 Å². The van der Waals surface area contributed by atoms with E-state index >= 15 is 0 Å². The van der Waals surface area contributed by atoms with Gasteiger partial charge in [-0.2, -0.15) is 4.98 Å². The van der Waals surface area contributed by atoms with E-state index in [1.807, 2.05) is 6.92 Å². The zero-order valence-corrected chi connectivity index (χ0v) is 12.6. The number of ketones is 1. The van der Waals surface area contributed by atoms with Gasteiger partial charge in [-0.1, -0.05) is 19.0 Å². The maximum Gasteiger partial charge on any atom is 0.234 e. The van der Waals surface area contributed by atoms with Crippen LogP contribution in [0.15, 0.2) is 4.52 Å². The third-order valence-corrected chi connectivity index (χ3v) is 4.23. The predicted molar refractivity (Wildman–Crippen MR) is 74.2 cm³/mol. The first-order valence-electron chi connectivity index (χ1n) is 7.49. The first-order valence-corrected chi connectivity index (χ1v) is 7.49. The minimum absolute atomic E-state index is 0.145. The average molecular weight is 280 g/mol. The molecule has 0 bridgehead atoms. The highest BCUT2D eigenvalue weighted by molar-refractivity contribution is 5.79. The summed E-state index contributed by atoms with van der Waals surface area (Å²) in [6.07, 6.45) is 5.67. The maximum absolute atomic E-state index is 11.6. The van der Waals surface area contributed by atoms with Crippen molar-refractivity contribution in [1.82, 2.24) is 10.1 Å². The molecule has 0 unspecified atom stereocenters. The summed E-state index contributed by atoms with van der Waals surface area (Å²) in [5, 5.41) is 4.06. The van der Waals surface area contributed by atoms with Gasteiger partial charge in [-0.05, 0) is 38.0 Å². The number of rotatable bonds is 6. The van der Waals surface area contributed by atoms with Crippen molar-refractivity contribution in [2.75, 3.05) is 7.11 Å². The quantitative estimate of drug-likeness (QED) is 0.801. The van der Waals surface area contributed by atoms with Crippen molar-refractivity contribution < 1.29 is 14.1 Å². The Kier molecular flexibility index (Phi) is 4.91. The minimum Gasteiger partial charge on any atom is -0.370 e. The summed E-state index contributed by atoms with van der Waals surface area (Å²) >= 11 is 0. The maximum atomic E-state index is 11.6. The highest BCUT2D eigenvalue weighted by Crippen LogP contribution is 2.40. The molecule has 0 atom stereocenters.